The Labute approximate surface area is 88.6 Å². The molecule has 0 heterocycles. The van der Waals surface area contributed by atoms with Crippen LogP contribution < -0.4 is 5.32 Å². The van der Waals surface area contributed by atoms with Gasteiger partial charge in [-0.3, -0.25) is 0 Å². The first-order valence-electron chi connectivity index (χ1n) is 5.15. The Balaban J connectivity index is 0.00000144. The Morgan fingerprint density at radius 3 is 2.38 bits per heavy atom. The number of hydrogen-bond donors (Lipinski definition) is 2. The van der Waals surface area contributed by atoms with Crippen LogP contribution in [0.5, 0.6) is 0 Å². The fraction of sp³-hybridized carbons (Fsp3) is 1.00. The highest BCUT2D eigenvalue weighted by molar-refractivity contribution is 7.59. The van der Waals surface area contributed by atoms with Crippen LogP contribution in [0.25, 0.3) is 0 Å². The summed E-state index contributed by atoms with van der Waals surface area (Å²) >= 11 is 0. The molecule has 0 spiro atoms. The molecule has 2 N–H and O–H groups in total. The Kier molecular flexibility index (Phi) is 7.81. The van der Waals surface area contributed by atoms with Crippen LogP contribution in [-0.4, -0.2) is 24.8 Å². The van der Waals surface area contributed by atoms with E-state index in [4.69, 9.17) is 5.11 Å². The monoisotopic (exact) mass is 205 g/mol. The lowest BCUT2D eigenvalue weighted by Gasteiger charge is -2.25. The molecule has 0 aromatic rings. The van der Waals surface area contributed by atoms with Crippen LogP contribution in [0.2, 0.25) is 0 Å². The fourth-order valence-corrected chi connectivity index (χ4v) is 2.11. The number of aliphatic hydroxyl groups excluding tert-OH is 1. The molecular weight excluding hydrogens is 182 g/mol. The summed E-state index contributed by atoms with van der Waals surface area (Å²) in [6.07, 6.45) is 8.11. The van der Waals surface area contributed by atoms with Crippen molar-refractivity contribution in [2.75, 3.05) is 13.7 Å². The van der Waals surface area contributed by atoms with Gasteiger partial charge in [-0.05, 0) is 19.4 Å². The van der Waals surface area contributed by atoms with Gasteiger partial charge < -0.3 is 10.4 Å². The SMILES string of the molecule is CN[C@H](CO)CC1CCCCC1.S. The second-order valence-electron chi connectivity index (χ2n) is 3.91. The zero-order valence-corrected chi connectivity index (χ0v) is 9.55. The van der Waals surface area contributed by atoms with Gasteiger partial charge in [0.05, 0.1) is 6.61 Å². The lowest BCUT2D eigenvalue weighted by molar-refractivity contribution is 0.210. The van der Waals surface area contributed by atoms with E-state index < -0.39 is 0 Å². The van der Waals surface area contributed by atoms with Gasteiger partial charge in [-0.25, -0.2) is 0 Å². The van der Waals surface area contributed by atoms with Crippen molar-refractivity contribution in [3.63, 3.8) is 0 Å². The fourth-order valence-electron chi connectivity index (χ4n) is 2.11. The van der Waals surface area contributed by atoms with E-state index in [9.17, 15) is 0 Å². The number of nitrogens with one attached hydrogen (secondary N) is 1. The highest BCUT2D eigenvalue weighted by atomic mass is 32.1. The summed E-state index contributed by atoms with van der Waals surface area (Å²) in [4.78, 5) is 0. The molecule has 0 unspecified atom stereocenters. The molecule has 0 saturated heterocycles. The van der Waals surface area contributed by atoms with Gasteiger partial charge in [0.25, 0.3) is 0 Å². The minimum Gasteiger partial charge on any atom is -0.395 e. The molecule has 1 atom stereocenters. The van der Waals surface area contributed by atoms with E-state index in [0.29, 0.717) is 6.04 Å². The summed E-state index contributed by atoms with van der Waals surface area (Å²) in [7, 11) is 1.93. The Bertz CT molecular complexity index is 111. The summed E-state index contributed by atoms with van der Waals surface area (Å²) in [6, 6.07) is 0.327. The summed E-state index contributed by atoms with van der Waals surface area (Å²) in [5.41, 5.74) is 0. The van der Waals surface area contributed by atoms with Gasteiger partial charge in [-0.1, -0.05) is 32.1 Å². The largest absolute Gasteiger partial charge is 0.395 e. The van der Waals surface area contributed by atoms with Crippen molar-refractivity contribution < 1.29 is 5.11 Å². The van der Waals surface area contributed by atoms with Gasteiger partial charge in [0.15, 0.2) is 0 Å². The Morgan fingerprint density at radius 1 is 1.31 bits per heavy atom. The standard InChI is InChI=1S/C10H21NO.H2S/c1-11-10(8-12)7-9-5-3-2-4-6-9;/h9-12H,2-8H2,1H3;1H2/t10-;/m0./s1. The lowest BCUT2D eigenvalue weighted by atomic mass is 9.85. The van der Waals surface area contributed by atoms with E-state index >= 15 is 0 Å². The molecule has 2 nitrogen and oxygen atoms in total. The molecule has 0 amide bonds. The normalized spacial score (nSPS) is 20.8. The van der Waals surface area contributed by atoms with Crippen molar-refractivity contribution in [2.24, 2.45) is 5.92 Å². The molecule has 3 heteroatoms. The summed E-state index contributed by atoms with van der Waals surface area (Å²) in [5, 5.41) is 12.1. The van der Waals surface area contributed by atoms with Gasteiger partial charge in [0, 0.05) is 6.04 Å². The summed E-state index contributed by atoms with van der Waals surface area (Å²) in [6.45, 7) is 0.285. The smallest absolute Gasteiger partial charge is 0.0584 e. The zero-order valence-electron chi connectivity index (χ0n) is 8.55. The number of likely N-dealkylation sites (N-methyl/N-ethyl adjacent to an activating group) is 1. The molecule has 1 saturated carbocycles. The van der Waals surface area contributed by atoms with Crippen LogP contribution in [0.1, 0.15) is 38.5 Å². The maximum Gasteiger partial charge on any atom is 0.0584 e. The molecular formula is C10H23NOS. The average Bonchev–Trinajstić information content (AvgIpc) is 2.16. The van der Waals surface area contributed by atoms with Gasteiger partial charge in [-0.2, -0.15) is 13.5 Å². The minimum atomic E-state index is 0. The van der Waals surface area contributed by atoms with E-state index in [2.05, 4.69) is 5.32 Å². The second-order valence-corrected chi connectivity index (χ2v) is 3.91. The topological polar surface area (TPSA) is 32.3 Å². The zero-order chi connectivity index (χ0) is 8.81. The molecule has 0 aromatic carbocycles. The van der Waals surface area contributed by atoms with E-state index in [0.717, 1.165) is 12.3 Å². The molecule has 0 radical (unpaired) electrons. The van der Waals surface area contributed by atoms with Gasteiger partial charge in [-0.15, -0.1) is 0 Å². The van der Waals surface area contributed by atoms with Gasteiger partial charge in [0.1, 0.15) is 0 Å². The first-order valence-corrected chi connectivity index (χ1v) is 5.15. The van der Waals surface area contributed by atoms with E-state index in [1.165, 1.54) is 32.1 Å². The van der Waals surface area contributed by atoms with Crippen LogP contribution in [0.3, 0.4) is 0 Å². The van der Waals surface area contributed by atoms with E-state index in [-0.39, 0.29) is 20.1 Å². The third-order valence-electron chi connectivity index (χ3n) is 2.97. The third kappa shape index (κ3) is 4.89. The second kappa shape index (κ2) is 7.65. The third-order valence-corrected chi connectivity index (χ3v) is 2.97. The maximum absolute atomic E-state index is 8.99. The highest BCUT2D eigenvalue weighted by Crippen LogP contribution is 2.27. The molecule has 1 aliphatic rings. The molecule has 0 bridgehead atoms. The predicted octanol–water partition coefficient (Wildman–Crippen LogP) is 1.65. The van der Waals surface area contributed by atoms with E-state index in [1.54, 1.807) is 0 Å². The molecule has 80 valence electrons. The van der Waals surface area contributed by atoms with Crippen molar-refractivity contribution in [2.45, 2.75) is 44.6 Å². The summed E-state index contributed by atoms with van der Waals surface area (Å²) < 4.78 is 0. The Morgan fingerprint density at radius 2 is 1.92 bits per heavy atom. The van der Waals surface area contributed by atoms with Crippen LogP contribution in [0.4, 0.5) is 0 Å². The predicted molar refractivity (Wildman–Crippen MR) is 61.5 cm³/mol. The van der Waals surface area contributed by atoms with Crippen molar-refractivity contribution in [3.8, 4) is 0 Å². The molecule has 1 aliphatic carbocycles. The number of hydrogen-bond acceptors (Lipinski definition) is 2. The van der Waals surface area contributed by atoms with Crippen molar-refractivity contribution in [1.82, 2.24) is 5.32 Å². The highest BCUT2D eigenvalue weighted by Gasteiger charge is 2.16. The lowest BCUT2D eigenvalue weighted by Crippen LogP contribution is -2.31. The van der Waals surface area contributed by atoms with Crippen LogP contribution in [-0.2, 0) is 0 Å². The number of rotatable bonds is 4. The van der Waals surface area contributed by atoms with Crippen LogP contribution in [0, 0.1) is 5.92 Å². The molecule has 0 aromatic heterocycles. The Hall–Kier alpha value is 0.270. The summed E-state index contributed by atoms with van der Waals surface area (Å²) in [5.74, 6) is 0.864. The number of aliphatic hydroxyl groups is 1. The molecule has 0 aliphatic heterocycles. The van der Waals surface area contributed by atoms with Crippen LogP contribution in [0.15, 0.2) is 0 Å². The molecule has 1 fully saturated rings. The quantitative estimate of drug-likeness (QED) is 0.731. The van der Waals surface area contributed by atoms with Crippen molar-refractivity contribution >= 4 is 13.5 Å². The van der Waals surface area contributed by atoms with Crippen molar-refractivity contribution in [3.05, 3.63) is 0 Å². The first-order chi connectivity index (χ1) is 5.86. The van der Waals surface area contributed by atoms with E-state index in [1.807, 2.05) is 7.05 Å². The molecule has 13 heavy (non-hydrogen) atoms. The average molecular weight is 205 g/mol. The minimum absolute atomic E-state index is 0. The van der Waals surface area contributed by atoms with Gasteiger partial charge >= 0.3 is 0 Å². The molecule has 1 rings (SSSR count). The first kappa shape index (κ1) is 13.3. The van der Waals surface area contributed by atoms with Crippen molar-refractivity contribution in [1.29, 1.82) is 0 Å². The van der Waals surface area contributed by atoms with Gasteiger partial charge in [0.2, 0.25) is 0 Å². The van der Waals surface area contributed by atoms with Crippen LogP contribution >= 0.6 is 13.5 Å². The maximum atomic E-state index is 8.99.